The van der Waals surface area contributed by atoms with Crippen molar-refractivity contribution >= 4 is 18.0 Å². The summed E-state index contributed by atoms with van der Waals surface area (Å²) in [7, 11) is 3.38. The fourth-order valence-electron chi connectivity index (χ4n) is 1.74. The fourth-order valence-corrected chi connectivity index (χ4v) is 2.39. The zero-order valence-corrected chi connectivity index (χ0v) is 11.9. The van der Waals surface area contributed by atoms with Crippen molar-refractivity contribution in [2.45, 2.75) is 4.90 Å². The van der Waals surface area contributed by atoms with E-state index in [1.807, 2.05) is 30.5 Å². The van der Waals surface area contributed by atoms with Crippen LogP contribution in [0, 0.1) is 0 Å². The Labute approximate surface area is 117 Å². The number of thioether (sulfide) groups is 1. The second kappa shape index (κ2) is 6.33. The van der Waals surface area contributed by atoms with Crippen molar-refractivity contribution < 1.29 is 4.74 Å². The van der Waals surface area contributed by atoms with E-state index in [9.17, 15) is 0 Å². The lowest BCUT2D eigenvalue weighted by molar-refractivity contribution is 0.404. The van der Waals surface area contributed by atoms with Crippen molar-refractivity contribution in [2.75, 3.05) is 20.4 Å². The normalized spacial score (nSPS) is 10.9. The molecule has 0 spiro atoms. The van der Waals surface area contributed by atoms with Gasteiger partial charge in [-0.25, -0.2) is 4.98 Å². The first-order valence-electron chi connectivity index (χ1n) is 5.76. The van der Waals surface area contributed by atoms with E-state index >= 15 is 0 Å². The highest BCUT2D eigenvalue weighted by Gasteiger charge is 2.12. The van der Waals surface area contributed by atoms with E-state index in [0.29, 0.717) is 0 Å². The third-order valence-electron chi connectivity index (χ3n) is 2.57. The van der Waals surface area contributed by atoms with Crippen LogP contribution in [0.4, 0.5) is 0 Å². The van der Waals surface area contributed by atoms with Gasteiger partial charge in [0.2, 0.25) is 0 Å². The number of nitrogens with zero attached hydrogens (tertiary/aromatic N) is 3. The number of hydrogen-bond acceptors (Lipinski definition) is 5. The lowest BCUT2D eigenvalue weighted by Crippen LogP contribution is -1.99. The van der Waals surface area contributed by atoms with Gasteiger partial charge >= 0.3 is 0 Å². The van der Waals surface area contributed by atoms with Gasteiger partial charge in [0, 0.05) is 25.5 Å². The van der Waals surface area contributed by atoms with E-state index in [4.69, 9.17) is 4.74 Å². The first kappa shape index (κ1) is 13.5. The molecule has 0 amide bonds. The van der Waals surface area contributed by atoms with Crippen LogP contribution >= 0.6 is 11.8 Å². The Hall–Kier alpha value is -1.88. The number of pyridine rings is 2. The number of aromatic nitrogens is 2. The maximum absolute atomic E-state index is 5.44. The molecule has 0 aliphatic carbocycles. The molecule has 0 saturated carbocycles. The Balaban J connectivity index is 2.61. The summed E-state index contributed by atoms with van der Waals surface area (Å²) in [6, 6.07) is 7.65. The molecular weight excluding hydrogens is 258 g/mol. The minimum Gasteiger partial charge on any atom is -0.495 e. The molecule has 4 nitrogen and oxygen atoms in total. The zero-order valence-electron chi connectivity index (χ0n) is 11.1. The molecule has 2 aromatic heterocycles. The Bertz CT molecular complexity index is 585. The molecule has 98 valence electrons. The van der Waals surface area contributed by atoms with Gasteiger partial charge in [0.25, 0.3) is 0 Å². The maximum atomic E-state index is 5.44. The van der Waals surface area contributed by atoms with Crippen LogP contribution in [0.15, 0.2) is 40.4 Å². The van der Waals surface area contributed by atoms with E-state index in [1.54, 1.807) is 38.3 Å². The SMILES string of the molecule is CN=Cc1nc(-c2ccccn2)cc(OC)c1SC. The molecule has 2 aromatic rings. The quantitative estimate of drug-likeness (QED) is 0.635. The first-order chi connectivity index (χ1) is 9.30. The van der Waals surface area contributed by atoms with Crippen LogP contribution in [0.2, 0.25) is 0 Å². The van der Waals surface area contributed by atoms with Gasteiger partial charge in [-0.2, -0.15) is 0 Å². The summed E-state index contributed by atoms with van der Waals surface area (Å²) in [5.74, 6) is 0.790. The molecule has 2 heterocycles. The van der Waals surface area contributed by atoms with Crippen LogP contribution < -0.4 is 4.74 Å². The molecule has 0 aliphatic rings. The third-order valence-corrected chi connectivity index (χ3v) is 3.39. The van der Waals surface area contributed by atoms with Crippen molar-refractivity contribution in [1.29, 1.82) is 0 Å². The second-order valence-electron chi connectivity index (χ2n) is 3.73. The molecule has 0 fully saturated rings. The van der Waals surface area contributed by atoms with E-state index < -0.39 is 0 Å². The topological polar surface area (TPSA) is 47.4 Å². The van der Waals surface area contributed by atoms with Crippen molar-refractivity contribution in [3.63, 3.8) is 0 Å². The monoisotopic (exact) mass is 273 g/mol. The van der Waals surface area contributed by atoms with Gasteiger partial charge in [-0.05, 0) is 18.4 Å². The molecule has 5 heteroatoms. The Kier molecular flexibility index (Phi) is 4.52. The lowest BCUT2D eigenvalue weighted by atomic mass is 10.2. The van der Waals surface area contributed by atoms with Gasteiger partial charge in [0.05, 0.1) is 29.1 Å². The Morgan fingerprint density at radius 1 is 1.32 bits per heavy atom. The summed E-state index contributed by atoms with van der Waals surface area (Å²) >= 11 is 1.59. The smallest absolute Gasteiger partial charge is 0.136 e. The van der Waals surface area contributed by atoms with Crippen LogP contribution in [0.3, 0.4) is 0 Å². The van der Waals surface area contributed by atoms with Gasteiger partial charge in [-0.3, -0.25) is 9.98 Å². The van der Waals surface area contributed by atoms with Crippen LogP contribution in [0.25, 0.3) is 11.4 Å². The summed E-state index contributed by atoms with van der Waals surface area (Å²) in [6.07, 6.45) is 5.48. The highest BCUT2D eigenvalue weighted by Crippen LogP contribution is 2.32. The molecule has 0 radical (unpaired) electrons. The number of methoxy groups -OCH3 is 1. The predicted octanol–water partition coefficient (Wildman–Crippen LogP) is 2.92. The van der Waals surface area contributed by atoms with Crippen molar-refractivity contribution in [1.82, 2.24) is 9.97 Å². The standard InChI is InChI=1S/C14H15N3OS/c1-15-9-12-14(19-3)13(18-2)8-11(17-12)10-6-4-5-7-16-10/h4-9H,1-3H3. The summed E-state index contributed by atoms with van der Waals surface area (Å²) in [5.41, 5.74) is 2.40. The van der Waals surface area contributed by atoms with Gasteiger partial charge in [0.15, 0.2) is 0 Å². The molecule has 0 aliphatic heterocycles. The molecule has 0 bridgehead atoms. The van der Waals surface area contributed by atoms with Gasteiger partial charge in [-0.15, -0.1) is 11.8 Å². The van der Waals surface area contributed by atoms with Crippen LogP contribution in [-0.4, -0.2) is 36.6 Å². The molecule has 19 heavy (non-hydrogen) atoms. The largest absolute Gasteiger partial charge is 0.495 e. The Morgan fingerprint density at radius 2 is 2.16 bits per heavy atom. The third kappa shape index (κ3) is 2.93. The van der Waals surface area contributed by atoms with Crippen LogP contribution in [0.5, 0.6) is 5.75 Å². The molecule has 0 unspecified atom stereocenters. The van der Waals surface area contributed by atoms with Crippen LogP contribution in [-0.2, 0) is 0 Å². The first-order valence-corrected chi connectivity index (χ1v) is 6.99. The Morgan fingerprint density at radius 3 is 2.74 bits per heavy atom. The van der Waals surface area contributed by atoms with Crippen molar-refractivity contribution in [2.24, 2.45) is 4.99 Å². The zero-order chi connectivity index (χ0) is 13.7. The minimum atomic E-state index is 0.783. The summed E-state index contributed by atoms with van der Waals surface area (Å²) in [4.78, 5) is 13.9. The van der Waals surface area contributed by atoms with Crippen molar-refractivity contribution in [3.8, 4) is 17.1 Å². The molecule has 0 N–H and O–H groups in total. The minimum absolute atomic E-state index is 0.783. The average molecular weight is 273 g/mol. The highest BCUT2D eigenvalue weighted by molar-refractivity contribution is 7.98. The molecule has 0 atom stereocenters. The fraction of sp³-hybridized carbons (Fsp3) is 0.214. The summed E-state index contributed by atoms with van der Waals surface area (Å²) in [6.45, 7) is 0. The highest BCUT2D eigenvalue weighted by atomic mass is 32.2. The second-order valence-corrected chi connectivity index (χ2v) is 4.55. The van der Waals surface area contributed by atoms with Crippen molar-refractivity contribution in [3.05, 3.63) is 36.2 Å². The van der Waals surface area contributed by atoms with E-state index in [0.717, 1.165) is 27.7 Å². The number of ether oxygens (including phenoxy) is 1. The number of hydrogen-bond donors (Lipinski definition) is 0. The van der Waals surface area contributed by atoms with Gasteiger partial charge < -0.3 is 4.74 Å². The van der Waals surface area contributed by atoms with E-state index in [1.165, 1.54) is 0 Å². The van der Waals surface area contributed by atoms with E-state index in [2.05, 4.69) is 15.0 Å². The summed E-state index contributed by atoms with van der Waals surface area (Å²) < 4.78 is 5.44. The number of rotatable bonds is 4. The van der Waals surface area contributed by atoms with E-state index in [-0.39, 0.29) is 0 Å². The average Bonchev–Trinajstić information content (AvgIpc) is 2.47. The molecule has 0 saturated heterocycles. The molecule has 2 rings (SSSR count). The maximum Gasteiger partial charge on any atom is 0.136 e. The van der Waals surface area contributed by atoms with Gasteiger partial charge in [-0.1, -0.05) is 6.07 Å². The lowest BCUT2D eigenvalue weighted by Gasteiger charge is -2.11. The number of aliphatic imine (C=N–C) groups is 1. The molecule has 0 aromatic carbocycles. The molecular formula is C14H15N3OS. The summed E-state index contributed by atoms with van der Waals surface area (Å²) in [5, 5.41) is 0. The van der Waals surface area contributed by atoms with Gasteiger partial charge in [0.1, 0.15) is 5.75 Å². The predicted molar refractivity (Wildman–Crippen MR) is 79.3 cm³/mol. The van der Waals surface area contributed by atoms with Crippen LogP contribution in [0.1, 0.15) is 5.69 Å².